The van der Waals surface area contributed by atoms with E-state index in [9.17, 15) is 9.59 Å². The number of nitrogens with two attached hydrogens (primary N) is 1. The number of fused-ring (bicyclic) bond motifs is 1. The van der Waals surface area contributed by atoms with Crippen molar-refractivity contribution in [3.05, 3.63) is 64.5 Å². The summed E-state index contributed by atoms with van der Waals surface area (Å²) in [7, 11) is 0. The smallest absolute Gasteiger partial charge is 0.336 e. The monoisotopic (exact) mass is 322 g/mol. The average molecular weight is 322 g/mol. The van der Waals surface area contributed by atoms with Crippen LogP contribution in [0.4, 0.5) is 5.69 Å². The molecule has 5 nitrogen and oxygen atoms in total. The Hall–Kier alpha value is -3.08. The Balaban J connectivity index is 2.14. The SMILES string of the molecule is Cc1ccccc1-c1cc(=O)oc2cc(NC(C)C(N)=O)ccc12. The maximum Gasteiger partial charge on any atom is 0.336 e. The highest BCUT2D eigenvalue weighted by molar-refractivity contribution is 5.95. The van der Waals surface area contributed by atoms with E-state index in [4.69, 9.17) is 10.2 Å². The van der Waals surface area contributed by atoms with Crippen LogP contribution in [0.25, 0.3) is 22.1 Å². The summed E-state index contributed by atoms with van der Waals surface area (Å²) >= 11 is 0. The second-order valence-electron chi connectivity index (χ2n) is 5.77. The number of carbonyl (C=O) groups excluding carboxylic acids is 1. The lowest BCUT2D eigenvalue weighted by Crippen LogP contribution is -2.32. The summed E-state index contributed by atoms with van der Waals surface area (Å²) in [6.45, 7) is 3.67. The van der Waals surface area contributed by atoms with Gasteiger partial charge in [0.15, 0.2) is 0 Å². The second-order valence-corrected chi connectivity index (χ2v) is 5.77. The molecule has 0 fully saturated rings. The number of carbonyl (C=O) groups is 1. The first-order valence-electron chi connectivity index (χ1n) is 7.65. The first kappa shape index (κ1) is 15.8. The molecule has 1 heterocycles. The van der Waals surface area contributed by atoms with Crippen LogP contribution in [0, 0.1) is 6.92 Å². The third-order valence-electron chi connectivity index (χ3n) is 3.99. The van der Waals surface area contributed by atoms with E-state index in [-0.39, 0.29) is 0 Å². The molecule has 1 atom stereocenters. The molecule has 122 valence electrons. The van der Waals surface area contributed by atoms with Crippen LogP contribution >= 0.6 is 0 Å². The summed E-state index contributed by atoms with van der Waals surface area (Å²) in [5, 5.41) is 3.82. The van der Waals surface area contributed by atoms with Gasteiger partial charge < -0.3 is 15.5 Å². The van der Waals surface area contributed by atoms with Gasteiger partial charge in [-0.1, -0.05) is 24.3 Å². The number of hydrogen-bond acceptors (Lipinski definition) is 4. The fraction of sp³-hybridized carbons (Fsp3) is 0.158. The Morgan fingerprint density at radius 3 is 2.58 bits per heavy atom. The highest BCUT2D eigenvalue weighted by atomic mass is 16.4. The lowest BCUT2D eigenvalue weighted by atomic mass is 9.98. The van der Waals surface area contributed by atoms with E-state index in [2.05, 4.69) is 5.32 Å². The molecule has 0 radical (unpaired) electrons. The van der Waals surface area contributed by atoms with Crippen molar-refractivity contribution < 1.29 is 9.21 Å². The molecule has 0 saturated carbocycles. The molecule has 3 aromatic rings. The summed E-state index contributed by atoms with van der Waals surface area (Å²) in [6, 6.07) is 14.3. The van der Waals surface area contributed by atoms with Crippen molar-refractivity contribution in [2.75, 3.05) is 5.32 Å². The molecule has 0 aliphatic heterocycles. The van der Waals surface area contributed by atoms with Gasteiger partial charge in [-0.3, -0.25) is 4.79 Å². The first-order chi connectivity index (χ1) is 11.5. The van der Waals surface area contributed by atoms with E-state index in [0.29, 0.717) is 11.3 Å². The summed E-state index contributed by atoms with van der Waals surface area (Å²) in [6.07, 6.45) is 0. The molecule has 0 aliphatic carbocycles. The van der Waals surface area contributed by atoms with Gasteiger partial charge in [0, 0.05) is 28.8 Å². The summed E-state index contributed by atoms with van der Waals surface area (Å²) in [5.41, 5.74) is 8.87. The molecule has 24 heavy (non-hydrogen) atoms. The van der Waals surface area contributed by atoms with E-state index in [1.165, 1.54) is 6.07 Å². The fourth-order valence-corrected chi connectivity index (χ4v) is 2.67. The molecular formula is C19H18N2O3. The van der Waals surface area contributed by atoms with Crippen molar-refractivity contribution in [1.29, 1.82) is 0 Å². The van der Waals surface area contributed by atoms with Gasteiger partial charge in [0.1, 0.15) is 11.6 Å². The van der Waals surface area contributed by atoms with Gasteiger partial charge in [-0.2, -0.15) is 0 Å². The molecule has 3 N–H and O–H groups in total. The average Bonchev–Trinajstić information content (AvgIpc) is 2.54. The summed E-state index contributed by atoms with van der Waals surface area (Å²) in [4.78, 5) is 23.2. The van der Waals surface area contributed by atoms with Crippen LogP contribution < -0.4 is 16.7 Å². The molecule has 5 heteroatoms. The van der Waals surface area contributed by atoms with Gasteiger partial charge in [-0.05, 0) is 37.1 Å². The summed E-state index contributed by atoms with van der Waals surface area (Å²) in [5.74, 6) is -0.454. The number of amides is 1. The van der Waals surface area contributed by atoms with Crippen molar-refractivity contribution in [1.82, 2.24) is 0 Å². The topological polar surface area (TPSA) is 85.3 Å². The fourth-order valence-electron chi connectivity index (χ4n) is 2.67. The molecule has 1 unspecified atom stereocenters. The van der Waals surface area contributed by atoms with E-state index in [1.807, 2.05) is 43.3 Å². The number of rotatable bonds is 4. The highest BCUT2D eigenvalue weighted by Gasteiger charge is 2.12. The van der Waals surface area contributed by atoms with Crippen molar-refractivity contribution in [3.63, 3.8) is 0 Å². The van der Waals surface area contributed by atoms with Crippen LogP contribution in [-0.4, -0.2) is 11.9 Å². The number of hydrogen-bond donors (Lipinski definition) is 2. The molecule has 0 bridgehead atoms. The summed E-state index contributed by atoms with van der Waals surface area (Å²) < 4.78 is 5.33. The van der Waals surface area contributed by atoms with Crippen LogP contribution in [-0.2, 0) is 4.79 Å². The van der Waals surface area contributed by atoms with Crippen molar-refractivity contribution >= 4 is 22.6 Å². The first-order valence-corrected chi connectivity index (χ1v) is 7.65. The minimum absolute atomic E-state index is 0.416. The molecule has 0 spiro atoms. The van der Waals surface area contributed by atoms with E-state index in [1.54, 1.807) is 13.0 Å². The Kier molecular flexibility index (Phi) is 4.08. The highest BCUT2D eigenvalue weighted by Crippen LogP contribution is 2.31. The Bertz CT molecular complexity index is 976. The van der Waals surface area contributed by atoms with Crippen molar-refractivity contribution in [2.45, 2.75) is 19.9 Å². The van der Waals surface area contributed by atoms with Gasteiger partial charge in [0.05, 0.1) is 0 Å². The van der Waals surface area contributed by atoms with Gasteiger partial charge >= 0.3 is 5.63 Å². The zero-order valence-electron chi connectivity index (χ0n) is 13.5. The number of primary amides is 1. The minimum atomic E-state index is -0.520. The van der Waals surface area contributed by atoms with E-state index >= 15 is 0 Å². The largest absolute Gasteiger partial charge is 0.423 e. The maximum absolute atomic E-state index is 12.0. The normalized spacial score (nSPS) is 12.1. The number of aryl methyl sites for hydroxylation is 1. The van der Waals surface area contributed by atoms with Crippen molar-refractivity contribution in [2.24, 2.45) is 5.73 Å². The number of benzene rings is 2. The van der Waals surface area contributed by atoms with E-state index < -0.39 is 17.6 Å². The number of nitrogens with one attached hydrogen (secondary N) is 1. The standard InChI is InChI=1S/C19H18N2O3/c1-11-5-3-4-6-14(11)16-10-18(22)24-17-9-13(7-8-15(16)17)21-12(2)19(20)23/h3-10,12,21H,1-2H3,(H2,20,23). The third-order valence-corrected chi connectivity index (χ3v) is 3.99. The van der Waals surface area contributed by atoms with Crippen LogP contribution in [0.15, 0.2) is 57.7 Å². The van der Waals surface area contributed by atoms with Crippen LogP contribution in [0.1, 0.15) is 12.5 Å². The molecule has 2 aromatic carbocycles. The van der Waals surface area contributed by atoms with E-state index in [0.717, 1.165) is 22.1 Å². The minimum Gasteiger partial charge on any atom is -0.423 e. The lowest BCUT2D eigenvalue weighted by Gasteiger charge is -2.13. The zero-order chi connectivity index (χ0) is 17.3. The molecule has 0 saturated heterocycles. The predicted octanol–water partition coefficient (Wildman–Crippen LogP) is 3.05. The molecule has 1 aromatic heterocycles. The maximum atomic E-state index is 12.0. The Morgan fingerprint density at radius 1 is 1.12 bits per heavy atom. The van der Waals surface area contributed by atoms with Gasteiger partial charge in [0.2, 0.25) is 5.91 Å². The number of anilines is 1. The Labute approximate surface area is 139 Å². The van der Waals surface area contributed by atoms with Crippen LogP contribution in [0.2, 0.25) is 0 Å². The van der Waals surface area contributed by atoms with Crippen LogP contribution in [0.3, 0.4) is 0 Å². The second kappa shape index (κ2) is 6.20. The predicted molar refractivity (Wildman–Crippen MR) is 94.9 cm³/mol. The molecule has 0 aliphatic rings. The third kappa shape index (κ3) is 3.01. The van der Waals surface area contributed by atoms with Gasteiger partial charge in [0.25, 0.3) is 0 Å². The van der Waals surface area contributed by atoms with Crippen LogP contribution in [0.5, 0.6) is 0 Å². The molecular weight excluding hydrogens is 304 g/mol. The van der Waals surface area contributed by atoms with Gasteiger partial charge in [-0.15, -0.1) is 0 Å². The van der Waals surface area contributed by atoms with Crippen molar-refractivity contribution in [3.8, 4) is 11.1 Å². The molecule has 3 rings (SSSR count). The zero-order valence-corrected chi connectivity index (χ0v) is 13.5. The Morgan fingerprint density at radius 2 is 1.88 bits per heavy atom. The molecule has 1 amide bonds. The quantitative estimate of drug-likeness (QED) is 0.723. The lowest BCUT2D eigenvalue weighted by molar-refractivity contribution is -0.118. The van der Waals surface area contributed by atoms with Gasteiger partial charge in [-0.25, -0.2) is 4.79 Å².